The van der Waals surface area contributed by atoms with Gasteiger partial charge in [0.2, 0.25) is 0 Å². The molecule has 1 aliphatic rings. The standard InChI is InChI=1S/C17H19FN2O2/c1-11-15(6-8-19-11)17(21)20-10-13-7-9-22-16(13)12-2-4-14(18)5-3-12/h2-6,8,13,16,19H,7,9-10H2,1H3,(H,20,21)/t13-,16-/m0/s1. The summed E-state index contributed by atoms with van der Waals surface area (Å²) in [6.07, 6.45) is 2.55. The number of aromatic amines is 1. The van der Waals surface area contributed by atoms with E-state index in [0.29, 0.717) is 18.7 Å². The summed E-state index contributed by atoms with van der Waals surface area (Å²) >= 11 is 0. The van der Waals surface area contributed by atoms with Crippen LogP contribution in [-0.4, -0.2) is 24.0 Å². The first kappa shape index (κ1) is 14.8. The topological polar surface area (TPSA) is 54.1 Å². The summed E-state index contributed by atoms with van der Waals surface area (Å²) in [5.41, 5.74) is 2.48. The van der Waals surface area contributed by atoms with Gasteiger partial charge in [0.15, 0.2) is 0 Å². The van der Waals surface area contributed by atoms with Gasteiger partial charge in [0.1, 0.15) is 5.82 Å². The van der Waals surface area contributed by atoms with E-state index in [4.69, 9.17) is 4.74 Å². The van der Waals surface area contributed by atoms with Crippen LogP contribution in [0.2, 0.25) is 0 Å². The molecule has 0 aliphatic carbocycles. The van der Waals surface area contributed by atoms with E-state index in [-0.39, 0.29) is 23.7 Å². The quantitative estimate of drug-likeness (QED) is 0.912. The minimum Gasteiger partial charge on any atom is -0.373 e. The van der Waals surface area contributed by atoms with Crippen molar-refractivity contribution in [1.29, 1.82) is 0 Å². The van der Waals surface area contributed by atoms with E-state index in [2.05, 4.69) is 10.3 Å². The summed E-state index contributed by atoms with van der Waals surface area (Å²) in [7, 11) is 0. The number of amides is 1. The van der Waals surface area contributed by atoms with Gasteiger partial charge < -0.3 is 15.0 Å². The second-order valence-corrected chi connectivity index (χ2v) is 5.62. The van der Waals surface area contributed by atoms with Crippen LogP contribution in [0.4, 0.5) is 4.39 Å². The van der Waals surface area contributed by atoms with E-state index < -0.39 is 0 Å². The van der Waals surface area contributed by atoms with E-state index in [1.54, 1.807) is 24.4 Å². The third kappa shape index (κ3) is 3.04. The van der Waals surface area contributed by atoms with E-state index in [0.717, 1.165) is 17.7 Å². The van der Waals surface area contributed by atoms with E-state index >= 15 is 0 Å². The van der Waals surface area contributed by atoms with Gasteiger partial charge in [-0.1, -0.05) is 12.1 Å². The van der Waals surface area contributed by atoms with Crippen molar-refractivity contribution in [2.75, 3.05) is 13.2 Å². The summed E-state index contributed by atoms with van der Waals surface area (Å²) < 4.78 is 18.8. The van der Waals surface area contributed by atoms with Crippen LogP contribution < -0.4 is 5.32 Å². The first-order valence-electron chi connectivity index (χ1n) is 7.44. The maximum absolute atomic E-state index is 13.0. The summed E-state index contributed by atoms with van der Waals surface area (Å²) in [6, 6.07) is 8.14. The molecule has 1 aromatic carbocycles. The molecule has 2 atom stereocenters. The highest BCUT2D eigenvalue weighted by molar-refractivity contribution is 5.95. The highest BCUT2D eigenvalue weighted by Gasteiger charge is 2.30. The normalized spacial score (nSPS) is 21.0. The zero-order chi connectivity index (χ0) is 15.5. The van der Waals surface area contributed by atoms with E-state index in [9.17, 15) is 9.18 Å². The highest BCUT2D eigenvalue weighted by Crippen LogP contribution is 2.34. The molecule has 1 aliphatic heterocycles. The van der Waals surface area contributed by atoms with Gasteiger partial charge in [-0.2, -0.15) is 0 Å². The largest absolute Gasteiger partial charge is 0.373 e. The molecule has 0 bridgehead atoms. The first-order valence-corrected chi connectivity index (χ1v) is 7.44. The number of hydrogen-bond acceptors (Lipinski definition) is 2. The Hall–Kier alpha value is -2.14. The zero-order valence-corrected chi connectivity index (χ0v) is 12.4. The molecule has 5 heteroatoms. The molecule has 1 amide bonds. The number of aryl methyl sites for hydroxylation is 1. The summed E-state index contributed by atoms with van der Waals surface area (Å²) in [4.78, 5) is 15.1. The first-order chi connectivity index (χ1) is 10.6. The Morgan fingerprint density at radius 2 is 2.14 bits per heavy atom. The Kier molecular flexibility index (Phi) is 4.24. The number of carbonyl (C=O) groups is 1. The van der Waals surface area contributed by atoms with Gasteiger partial charge in [0, 0.05) is 31.0 Å². The molecule has 1 saturated heterocycles. The SMILES string of the molecule is Cc1[nH]ccc1C(=O)NC[C@@H]1CCO[C@H]1c1ccc(F)cc1. The van der Waals surface area contributed by atoms with Crippen molar-refractivity contribution in [3.05, 3.63) is 59.2 Å². The maximum atomic E-state index is 13.0. The van der Waals surface area contributed by atoms with Crippen LogP contribution in [0, 0.1) is 18.7 Å². The van der Waals surface area contributed by atoms with Crippen molar-refractivity contribution in [3.63, 3.8) is 0 Å². The molecule has 2 N–H and O–H groups in total. The Morgan fingerprint density at radius 3 is 2.82 bits per heavy atom. The molecule has 4 nitrogen and oxygen atoms in total. The number of carbonyl (C=O) groups excluding carboxylic acids is 1. The van der Waals surface area contributed by atoms with Crippen LogP contribution in [-0.2, 0) is 4.74 Å². The number of hydrogen-bond donors (Lipinski definition) is 2. The molecule has 0 radical (unpaired) electrons. The minimum atomic E-state index is -0.255. The molecule has 116 valence electrons. The van der Waals surface area contributed by atoms with E-state index in [1.165, 1.54) is 12.1 Å². The second-order valence-electron chi connectivity index (χ2n) is 5.62. The third-order valence-corrected chi connectivity index (χ3v) is 4.14. The molecule has 22 heavy (non-hydrogen) atoms. The molecule has 2 aromatic rings. The average molecular weight is 302 g/mol. The molecule has 0 saturated carbocycles. The lowest BCUT2D eigenvalue weighted by Gasteiger charge is -2.19. The number of rotatable bonds is 4. The van der Waals surface area contributed by atoms with Crippen molar-refractivity contribution in [1.82, 2.24) is 10.3 Å². The molecule has 2 heterocycles. The number of ether oxygens (including phenoxy) is 1. The molecular formula is C17H19FN2O2. The van der Waals surface area contributed by atoms with Gasteiger partial charge in [0.05, 0.1) is 11.7 Å². The van der Waals surface area contributed by atoms with Crippen LogP contribution in [0.5, 0.6) is 0 Å². The lowest BCUT2D eigenvalue weighted by Crippen LogP contribution is -2.30. The number of benzene rings is 1. The summed E-state index contributed by atoms with van der Waals surface area (Å²) in [6.45, 7) is 3.08. The average Bonchev–Trinajstić information content (AvgIpc) is 3.14. The Morgan fingerprint density at radius 1 is 1.36 bits per heavy atom. The molecular weight excluding hydrogens is 283 g/mol. The fourth-order valence-corrected chi connectivity index (χ4v) is 2.88. The summed E-state index contributed by atoms with van der Waals surface area (Å²) in [5.74, 6) is -0.133. The second kappa shape index (κ2) is 6.32. The van der Waals surface area contributed by atoms with Gasteiger partial charge in [-0.15, -0.1) is 0 Å². The van der Waals surface area contributed by atoms with Crippen LogP contribution in [0.1, 0.15) is 34.1 Å². The summed E-state index contributed by atoms with van der Waals surface area (Å²) in [5, 5.41) is 2.97. The Balaban J connectivity index is 1.63. The van der Waals surface area contributed by atoms with Gasteiger partial charge in [-0.3, -0.25) is 4.79 Å². The monoisotopic (exact) mass is 302 g/mol. The van der Waals surface area contributed by atoms with Crippen molar-refractivity contribution < 1.29 is 13.9 Å². The van der Waals surface area contributed by atoms with Crippen LogP contribution in [0.3, 0.4) is 0 Å². The van der Waals surface area contributed by atoms with E-state index in [1.807, 2.05) is 6.92 Å². The predicted molar refractivity (Wildman–Crippen MR) is 81.1 cm³/mol. The Labute approximate surface area is 128 Å². The highest BCUT2D eigenvalue weighted by atomic mass is 19.1. The minimum absolute atomic E-state index is 0.0801. The van der Waals surface area contributed by atoms with Crippen molar-refractivity contribution in [2.45, 2.75) is 19.4 Å². The van der Waals surface area contributed by atoms with Crippen molar-refractivity contribution in [3.8, 4) is 0 Å². The number of aromatic nitrogens is 1. The van der Waals surface area contributed by atoms with Crippen LogP contribution >= 0.6 is 0 Å². The maximum Gasteiger partial charge on any atom is 0.253 e. The number of H-pyrrole nitrogens is 1. The van der Waals surface area contributed by atoms with Crippen molar-refractivity contribution in [2.24, 2.45) is 5.92 Å². The molecule has 3 rings (SSSR count). The zero-order valence-electron chi connectivity index (χ0n) is 12.4. The van der Waals surface area contributed by atoms with Crippen LogP contribution in [0.25, 0.3) is 0 Å². The fraction of sp³-hybridized carbons (Fsp3) is 0.353. The Bertz CT molecular complexity index is 651. The van der Waals surface area contributed by atoms with Crippen LogP contribution in [0.15, 0.2) is 36.5 Å². The fourth-order valence-electron chi connectivity index (χ4n) is 2.88. The molecule has 1 fully saturated rings. The molecule has 1 aromatic heterocycles. The predicted octanol–water partition coefficient (Wildman–Crippen LogP) is 2.97. The lowest BCUT2D eigenvalue weighted by atomic mass is 9.95. The van der Waals surface area contributed by atoms with Gasteiger partial charge in [0.25, 0.3) is 5.91 Å². The lowest BCUT2D eigenvalue weighted by molar-refractivity contribution is 0.0846. The van der Waals surface area contributed by atoms with Gasteiger partial charge in [-0.25, -0.2) is 4.39 Å². The number of nitrogens with one attached hydrogen (secondary N) is 2. The molecule has 0 unspecified atom stereocenters. The van der Waals surface area contributed by atoms with Gasteiger partial charge >= 0.3 is 0 Å². The van der Waals surface area contributed by atoms with Gasteiger partial charge in [-0.05, 0) is 37.1 Å². The smallest absolute Gasteiger partial charge is 0.253 e. The molecule has 0 spiro atoms. The third-order valence-electron chi connectivity index (χ3n) is 4.14. The number of halogens is 1. The van der Waals surface area contributed by atoms with Crippen molar-refractivity contribution >= 4 is 5.91 Å².